The first-order valence-corrected chi connectivity index (χ1v) is 10.1. The molecule has 28 heavy (non-hydrogen) atoms. The van der Waals surface area contributed by atoms with Crippen LogP contribution in [0, 0.1) is 5.92 Å². The van der Waals surface area contributed by atoms with Gasteiger partial charge in [-0.25, -0.2) is 0 Å². The van der Waals surface area contributed by atoms with Gasteiger partial charge in [0.05, 0.1) is 0 Å². The lowest BCUT2D eigenvalue weighted by molar-refractivity contribution is -0.134. The Morgan fingerprint density at radius 2 is 1.57 bits per heavy atom. The van der Waals surface area contributed by atoms with Crippen LogP contribution in [0.25, 0.3) is 0 Å². The van der Waals surface area contributed by atoms with Gasteiger partial charge in [0.15, 0.2) is 0 Å². The molecule has 5 nitrogen and oxygen atoms in total. The van der Waals surface area contributed by atoms with E-state index in [9.17, 15) is 9.59 Å². The fraction of sp³-hybridized carbons (Fsp3) is 0.391. The molecule has 0 aliphatic carbocycles. The lowest BCUT2D eigenvalue weighted by Crippen LogP contribution is -2.49. The van der Waals surface area contributed by atoms with E-state index in [2.05, 4.69) is 6.92 Å². The Balaban J connectivity index is 1.48. The number of carbonyl (C=O) groups is 2. The Morgan fingerprint density at radius 1 is 0.929 bits per heavy atom. The monoisotopic (exact) mass is 378 g/mol. The Morgan fingerprint density at radius 3 is 2.25 bits per heavy atom. The fourth-order valence-electron chi connectivity index (χ4n) is 3.98. The van der Waals surface area contributed by atoms with Crippen molar-refractivity contribution in [2.24, 2.45) is 5.92 Å². The molecule has 2 aliphatic heterocycles. The second-order valence-electron chi connectivity index (χ2n) is 7.74. The summed E-state index contributed by atoms with van der Waals surface area (Å²) >= 11 is 0. The third-order valence-corrected chi connectivity index (χ3v) is 5.69. The summed E-state index contributed by atoms with van der Waals surface area (Å²) in [6.07, 6.45) is 3.09. The second kappa shape index (κ2) is 8.05. The number of carbonyl (C=O) groups excluding carboxylic acids is 2. The Bertz CT molecular complexity index is 827. The number of para-hydroxylation sites is 1. The predicted molar refractivity (Wildman–Crippen MR) is 108 cm³/mol. The molecule has 2 aliphatic rings. The zero-order valence-corrected chi connectivity index (χ0v) is 16.2. The summed E-state index contributed by atoms with van der Waals surface area (Å²) in [5, 5.41) is 0. The van der Waals surface area contributed by atoms with Crippen LogP contribution < -0.4 is 9.64 Å². The first-order chi connectivity index (χ1) is 13.6. The molecule has 2 heterocycles. The van der Waals surface area contributed by atoms with Gasteiger partial charge < -0.3 is 9.64 Å². The maximum Gasteiger partial charge on any atom is 0.245 e. The van der Waals surface area contributed by atoms with Gasteiger partial charge in [-0.05, 0) is 61.6 Å². The third-order valence-electron chi connectivity index (χ3n) is 5.69. The van der Waals surface area contributed by atoms with Crippen LogP contribution in [0.15, 0.2) is 54.6 Å². The SMILES string of the molecule is CC1CCN(C(=O)C2CCC(=O)N2c2ccc(Oc3ccccc3)cc2)CC1. The molecule has 0 spiro atoms. The van der Waals surface area contributed by atoms with E-state index in [1.54, 1.807) is 4.90 Å². The van der Waals surface area contributed by atoms with E-state index in [4.69, 9.17) is 4.74 Å². The number of nitrogens with zero attached hydrogens (tertiary/aromatic N) is 2. The molecule has 2 aromatic carbocycles. The number of hydrogen-bond donors (Lipinski definition) is 0. The molecular weight excluding hydrogens is 352 g/mol. The molecule has 2 fully saturated rings. The zero-order valence-electron chi connectivity index (χ0n) is 16.2. The number of benzene rings is 2. The fourth-order valence-corrected chi connectivity index (χ4v) is 3.98. The van der Waals surface area contributed by atoms with Crippen LogP contribution in [-0.2, 0) is 9.59 Å². The van der Waals surface area contributed by atoms with Crippen molar-refractivity contribution in [2.75, 3.05) is 18.0 Å². The highest BCUT2D eigenvalue weighted by molar-refractivity contribution is 6.03. The molecule has 1 atom stereocenters. The van der Waals surface area contributed by atoms with Crippen molar-refractivity contribution in [3.05, 3.63) is 54.6 Å². The lowest BCUT2D eigenvalue weighted by Gasteiger charge is -2.34. The van der Waals surface area contributed by atoms with Crippen LogP contribution in [0.1, 0.15) is 32.6 Å². The smallest absolute Gasteiger partial charge is 0.245 e. The molecule has 1 unspecified atom stereocenters. The first-order valence-electron chi connectivity index (χ1n) is 10.1. The van der Waals surface area contributed by atoms with Gasteiger partial charge >= 0.3 is 0 Å². The Hall–Kier alpha value is -2.82. The molecule has 0 radical (unpaired) electrons. The average Bonchev–Trinajstić information content (AvgIpc) is 3.11. The summed E-state index contributed by atoms with van der Waals surface area (Å²) < 4.78 is 5.82. The van der Waals surface area contributed by atoms with Crippen LogP contribution in [-0.4, -0.2) is 35.8 Å². The molecule has 2 aromatic rings. The second-order valence-corrected chi connectivity index (χ2v) is 7.74. The number of anilines is 1. The molecular formula is C23H26N2O3. The Kier molecular flexibility index (Phi) is 5.33. The van der Waals surface area contributed by atoms with Gasteiger partial charge in [0, 0.05) is 25.2 Å². The quantitative estimate of drug-likeness (QED) is 0.800. The van der Waals surface area contributed by atoms with Crippen molar-refractivity contribution < 1.29 is 14.3 Å². The van der Waals surface area contributed by atoms with Crippen molar-refractivity contribution in [2.45, 2.75) is 38.6 Å². The van der Waals surface area contributed by atoms with Crippen LogP contribution in [0.5, 0.6) is 11.5 Å². The van der Waals surface area contributed by atoms with Crippen LogP contribution >= 0.6 is 0 Å². The predicted octanol–water partition coefficient (Wildman–Crippen LogP) is 4.23. The summed E-state index contributed by atoms with van der Waals surface area (Å²) in [5.74, 6) is 2.24. The summed E-state index contributed by atoms with van der Waals surface area (Å²) in [6, 6.07) is 16.6. The molecule has 4 rings (SSSR count). The minimum Gasteiger partial charge on any atom is -0.457 e. The van der Waals surface area contributed by atoms with Crippen LogP contribution in [0.2, 0.25) is 0 Å². The minimum atomic E-state index is -0.387. The molecule has 0 bridgehead atoms. The van der Waals surface area contributed by atoms with Crippen molar-refractivity contribution in [3.8, 4) is 11.5 Å². The highest BCUT2D eigenvalue weighted by atomic mass is 16.5. The van der Waals surface area contributed by atoms with Crippen molar-refractivity contribution >= 4 is 17.5 Å². The number of likely N-dealkylation sites (tertiary alicyclic amines) is 1. The summed E-state index contributed by atoms with van der Waals surface area (Å²) in [4.78, 5) is 29.2. The Labute approximate surface area is 165 Å². The van der Waals surface area contributed by atoms with Gasteiger partial charge in [-0.2, -0.15) is 0 Å². The standard InChI is InChI=1S/C23H26N2O3/c1-17-13-15-24(16-14-17)23(27)21-11-12-22(26)25(21)18-7-9-20(10-8-18)28-19-5-3-2-4-6-19/h2-10,17,21H,11-16H2,1H3. The van der Waals surface area contributed by atoms with E-state index in [-0.39, 0.29) is 17.9 Å². The zero-order chi connectivity index (χ0) is 19.5. The van der Waals surface area contributed by atoms with E-state index in [1.165, 1.54) is 0 Å². The summed E-state index contributed by atoms with van der Waals surface area (Å²) in [6.45, 7) is 3.82. The van der Waals surface area contributed by atoms with Crippen molar-refractivity contribution in [3.63, 3.8) is 0 Å². The maximum absolute atomic E-state index is 13.1. The normalized spacial score (nSPS) is 20.5. The van der Waals surface area contributed by atoms with Gasteiger partial charge in [-0.15, -0.1) is 0 Å². The summed E-state index contributed by atoms with van der Waals surface area (Å²) in [7, 11) is 0. The average molecular weight is 378 g/mol. The van der Waals surface area contributed by atoms with Gasteiger partial charge in [0.1, 0.15) is 17.5 Å². The molecule has 0 saturated carbocycles. The van der Waals surface area contributed by atoms with E-state index in [0.717, 1.165) is 37.4 Å². The van der Waals surface area contributed by atoms with E-state index in [1.807, 2.05) is 59.5 Å². The van der Waals surface area contributed by atoms with Gasteiger partial charge in [-0.1, -0.05) is 25.1 Å². The molecule has 2 saturated heterocycles. The molecule has 0 aromatic heterocycles. The molecule has 2 amide bonds. The van der Waals surface area contributed by atoms with Gasteiger partial charge in [0.25, 0.3) is 0 Å². The van der Waals surface area contributed by atoms with E-state index >= 15 is 0 Å². The van der Waals surface area contributed by atoms with Crippen LogP contribution in [0.3, 0.4) is 0 Å². The number of rotatable bonds is 4. The number of hydrogen-bond acceptors (Lipinski definition) is 3. The largest absolute Gasteiger partial charge is 0.457 e. The highest BCUT2D eigenvalue weighted by Crippen LogP contribution is 2.31. The van der Waals surface area contributed by atoms with E-state index < -0.39 is 0 Å². The minimum absolute atomic E-state index is 0.0143. The molecule has 146 valence electrons. The van der Waals surface area contributed by atoms with Crippen LogP contribution in [0.4, 0.5) is 5.69 Å². The number of ether oxygens (including phenoxy) is 1. The van der Waals surface area contributed by atoms with Crippen molar-refractivity contribution in [1.82, 2.24) is 4.90 Å². The lowest BCUT2D eigenvalue weighted by atomic mass is 9.98. The summed E-state index contributed by atoms with van der Waals surface area (Å²) in [5.41, 5.74) is 0.756. The maximum atomic E-state index is 13.1. The topological polar surface area (TPSA) is 49.9 Å². The first kappa shape index (κ1) is 18.5. The molecule has 0 N–H and O–H groups in total. The van der Waals surface area contributed by atoms with Gasteiger partial charge in [0.2, 0.25) is 11.8 Å². The van der Waals surface area contributed by atoms with Crippen molar-refractivity contribution in [1.29, 1.82) is 0 Å². The number of amides is 2. The third kappa shape index (κ3) is 3.88. The van der Waals surface area contributed by atoms with Gasteiger partial charge in [-0.3, -0.25) is 14.5 Å². The highest BCUT2D eigenvalue weighted by Gasteiger charge is 2.39. The molecule has 5 heteroatoms. The van der Waals surface area contributed by atoms with E-state index in [0.29, 0.717) is 24.5 Å². The number of piperidine rings is 1.